The summed E-state index contributed by atoms with van der Waals surface area (Å²) >= 11 is 3.30. The average molecular weight is 1040 g/mol. The third-order valence-electron chi connectivity index (χ3n) is 14.0. The van der Waals surface area contributed by atoms with Crippen LogP contribution in [0.1, 0.15) is 70.3 Å². The first-order chi connectivity index (χ1) is 34.2. The Bertz CT molecular complexity index is 3180. The second kappa shape index (κ2) is 21.4. The predicted octanol–water partition coefficient (Wildman–Crippen LogP) is 14.9. The van der Waals surface area contributed by atoms with Crippen LogP contribution in [0.3, 0.4) is 0 Å². The van der Waals surface area contributed by atoms with Crippen molar-refractivity contribution in [2.45, 2.75) is 103 Å². The highest BCUT2D eigenvalue weighted by molar-refractivity contribution is 7.23. The van der Waals surface area contributed by atoms with E-state index < -0.39 is 16.6 Å². The number of hydrogen-bond acceptors (Lipinski definition) is 14. The summed E-state index contributed by atoms with van der Waals surface area (Å²) in [5, 5.41) is 7.20. The van der Waals surface area contributed by atoms with Gasteiger partial charge in [-0.25, -0.2) is 19.9 Å². The number of aromatic nitrogens is 4. The van der Waals surface area contributed by atoms with Gasteiger partial charge in [-0.05, 0) is 109 Å². The highest BCUT2D eigenvalue weighted by atomic mass is 32.1. The number of methoxy groups -OCH3 is 1. The number of esters is 1. The number of ether oxygens (including phenoxy) is 1. The number of nitrogens with one attached hydrogen (secondary N) is 2. The molecule has 1 aliphatic heterocycles. The van der Waals surface area contributed by atoms with E-state index in [1.54, 1.807) is 35.3 Å². The molecule has 16 heteroatoms. The second-order valence-corrected chi connectivity index (χ2v) is 32.8. The molecule has 0 amide bonds. The van der Waals surface area contributed by atoms with Gasteiger partial charge in [0.1, 0.15) is 36.5 Å². The van der Waals surface area contributed by atoms with E-state index in [-0.39, 0.29) is 22.1 Å². The molecule has 12 nitrogen and oxygen atoms in total. The second-order valence-electron chi connectivity index (χ2n) is 21.2. The molecule has 5 heterocycles. The van der Waals surface area contributed by atoms with Gasteiger partial charge < -0.3 is 24.2 Å². The molecular weight excluding hydrogens is 971 g/mol. The summed E-state index contributed by atoms with van der Waals surface area (Å²) in [4.78, 5) is 45.5. The zero-order valence-electron chi connectivity index (χ0n) is 43.1. The van der Waals surface area contributed by atoms with Crippen molar-refractivity contribution in [1.29, 1.82) is 0 Å². The highest BCUT2D eigenvalue weighted by Crippen LogP contribution is 2.42. The number of likely N-dealkylation sites (tertiary alicyclic amines) is 1. The van der Waals surface area contributed by atoms with Crippen molar-refractivity contribution in [3.63, 3.8) is 0 Å². The summed E-state index contributed by atoms with van der Waals surface area (Å²) in [6, 6.07) is 36.3. The van der Waals surface area contributed by atoms with E-state index in [0.717, 1.165) is 108 Å². The molecule has 9 rings (SSSR count). The van der Waals surface area contributed by atoms with Crippen molar-refractivity contribution >= 4 is 95.0 Å². The lowest BCUT2D eigenvalue weighted by Crippen LogP contribution is -2.43. The summed E-state index contributed by atoms with van der Waals surface area (Å²) in [6.07, 6.45) is 5.91. The molecule has 0 radical (unpaired) electrons. The number of rotatable bonds is 14. The van der Waals surface area contributed by atoms with Crippen LogP contribution >= 0.6 is 22.7 Å². The Kier molecular flexibility index (Phi) is 15.5. The lowest BCUT2D eigenvalue weighted by Gasteiger charge is -2.36. The summed E-state index contributed by atoms with van der Waals surface area (Å²) in [7, 11) is -2.39. The predicted molar refractivity (Wildman–Crippen MR) is 302 cm³/mol. The Morgan fingerprint density at radius 2 is 1.15 bits per heavy atom. The maximum Gasteiger partial charge on any atom is 0.323 e. The summed E-state index contributed by atoms with van der Waals surface area (Å²) in [5.41, 5.74) is 7.68. The maximum atomic E-state index is 12.1. The van der Waals surface area contributed by atoms with Crippen LogP contribution in [0, 0.1) is 0 Å². The van der Waals surface area contributed by atoms with Gasteiger partial charge in [0.15, 0.2) is 11.6 Å². The van der Waals surface area contributed by atoms with Crippen molar-refractivity contribution < 1.29 is 23.2 Å². The van der Waals surface area contributed by atoms with Crippen LogP contribution in [-0.2, 0) is 16.1 Å². The topological polar surface area (TPSA) is 141 Å². The SMILES string of the molecule is CC(C)(C)[Si](C)(C)Oc1cccc(Nc2ncnc3cc(-c4ccc(C=O)cc4)sc23)c1.COC(=O)C1CCCN1Cc1ccc(-c2cc3ncnc(Nc4cccc(O[Si](C)(C)C(C)(C)C)c4)c3s2)cc1. The van der Waals surface area contributed by atoms with Crippen molar-refractivity contribution in [3.05, 3.63) is 133 Å². The molecule has 1 unspecified atom stereocenters. The van der Waals surface area contributed by atoms with E-state index in [1.807, 2.05) is 72.8 Å². The molecule has 1 saturated heterocycles. The average Bonchev–Trinajstić information content (AvgIpc) is 4.11. The molecule has 1 atom stereocenters. The van der Waals surface area contributed by atoms with Gasteiger partial charge in [0.05, 0.1) is 27.5 Å². The van der Waals surface area contributed by atoms with Crippen LogP contribution in [0.2, 0.25) is 36.3 Å². The van der Waals surface area contributed by atoms with Gasteiger partial charge in [-0.15, -0.1) is 22.7 Å². The van der Waals surface area contributed by atoms with Gasteiger partial charge >= 0.3 is 5.97 Å². The minimum atomic E-state index is -1.94. The summed E-state index contributed by atoms with van der Waals surface area (Å²) in [6.45, 7) is 24.1. The fourth-order valence-corrected chi connectivity index (χ4v) is 11.9. The fourth-order valence-electron chi connectivity index (χ4n) is 7.77. The molecule has 0 spiro atoms. The van der Waals surface area contributed by atoms with Crippen LogP contribution in [0.15, 0.2) is 122 Å². The number of benzene rings is 4. The number of thiophene rings is 2. The molecular formula is C56H65N7O5S2Si2. The number of hydrogen-bond donors (Lipinski definition) is 2. The first-order valence-electron chi connectivity index (χ1n) is 24.3. The molecule has 374 valence electrons. The Balaban J connectivity index is 0.000000197. The van der Waals surface area contributed by atoms with Crippen LogP contribution in [0.4, 0.5) is 23.0 Å². The molecule has 1 fully saturated rings. The lowest BCUT2D eigenvalue weighted by atomic mass is 10.1. The largest absolute Gasteiger partial charge is 0.543 e. The van der Waals surface area contributed by atoms with Crippen LogP contribution in [0.25, 0.3) is 41.3 Å². The Morgan fingerprint density at radius 3 is 1.60 bits per heavy atom. The number of anilines is 4. The summed E-state index contributed by atoms with van der Waals surface area (Å²) in [5.74, 6) is 3.15. The first kappa shape index (κ1) is 52.0. The van der Waals surface area contributed by atoms with E-state index in [1.165, 1.54) is 12.7 Å². The molecule has 72 heavy (non-hydrogen) atoms. The molecule has 2 N–H and O–H groups in total. The van der Waals surface area contributed by atoms with Gasteiger partial charge in [0, 0.05) is 45.4 Å². The smallest absolute Gasteiger partial charge is 0.323 e. The number of carbonyl (C=O) groups excluding carboxylic acids is 2. The first-order valence-corrected chi connectivity index (χ1v) is 31.7. The zero-order valence-corrected chi connectivity index (χ0v) is 46.8. The van der Waals surface area contributed by atoms with Gasteiger partial charge in [-0.2, -0.15) is 0 Å². The highest BCUT2D eigenvalue weighted by Gasteiger charge is 2.40. The fraction of sp³-hybridized carbons (Fsp3) is 0.321. The molecule has 4 aromatic carbocycles. The monoisotopic (exact) mass is 1040 g/mol. The van der Waals surface area contributed by atoms with Crippen molar-refractivity contribution in [1.82, 2.24) is 24.8 Å². The summed E-state index contributed by atoms with van der Waals surface area (Å²) < 4.78 is 20.0. The number of carbonyl (C=O) groups is 2. The lowest BCUT2D eigenvalue weighted by molar-refractivity contribution is -0.146. The quantitative estimate of drug-likeness (QED) is 0.0608. The normalized spacial score (nSPS) is 14.4. The van der Waals surface area contributed by atoms with Gasteiger partial charge in [-0.3, -0.25) is 14.5 Å². The van der Waals surface area contributed by atoms with Crippen LogP contribution < -0.4 is 19.5 Å². The van der Waals surface area contributed by atoms with Gasteiger partial charge in [-0.1, -0.05) is 102 Å². The number of fused-ring (bicyclic) bond motifs is 2. The minimum Gasteiger partial charge on any atom is -0.543 e. The van der Waals surface area contributed by atoms with E-state index in [2.05, 4.69) is 140 Å². The van der Waals surface area contributed by atoms with E-state index in [4.69, 9.17) is 13.6 Å². The molecule has 4 aromatic heterocycles. The van der Waals surface area contributed by atoms with Crippen molar-refractivity contribution in [2.75, 3.05) is 24.3 Å². The third-order valence-corrected chi connectivity index (χ3v) is 25.0. The Morgan fingerprint density at radius 1 is 0.681 bits per heavy atom. The maximum absolute atomic E-state index is 12.1. The molecule has 8 aromatic rings. The van der Waals surface area contributed by atoms with E-state index in [0.29, 0.717) is 5.56 Å². The number of nitrogens with zero attached hydrogens (tertiary/aromatic N) is 5. The van der Waals surface area contributed by atoms with Crippen LogP contribution in [-0.4, -0.2) is 73.4 Å². The van der Waals surface area contributed by atoms with Crippen molar-refractivity contribution in [2.24, 2.45) is 0 Å². The van der Waals surface area contributed by atoms with Crippen molar-refractivity contribution in [3.8, 4) is 32.4 Å². The molecule has 1 aliphatic rings. The van der Waals surface area contributed by atoms with Gasteiger partial charge in [0.2, 0.25) is 16.6 Å². The molecule has 0 aliphatic carbocycles. The Hall–Kier alpha value is -6.31. The van der Waals surface area contributed by atoms with Gasteiger partial charge in [0.25, 0.3) is 0 Å². The number of aldehydes is 1. The zero-order chi connectivity index (χ0) is 51.4. The minimum absolute atomic E-state index is 0.125. The third kappa shape index (κ3) is 12.1. The van der Waals surface area contributed by atoms with E-state index in [9.17, 15) is 9.59 Å². The van der Waals surface area contributed by atoms with Crippen LogP contribution in [0.5, 0.6) is 11.5 Å². The Labute approximate surface area is 433 Å². The molecule has 0 bridgehead atoms. The van der Waals surface area contributed by atoms with E-state index >= 15 is 0 Å². The standard InChI is InChI=1S/C31H38N4O3SSi.C25H27N3O2SSi/c1-31(2,3)40(5,6)38-24-10-7-9-23(17-24)34-29-28-25(32-20-33-29)18-27(39-28)22-14-12-21(13-15-22)19-35-16-8-11-26(35)30(36)37-4;1-25(2,3)32(4,5)30-20-8-6-7-19(13-20)28-24-23-21(26-16-27-24)14-22(31-23)18-11-9-17(15-29)10-12-18/h7,9-10,12-15,17-18,20,26H,8,11,16,19H2,1-6H3,(H,32,33,34);6-16H,1-5H3,(H,26,27,28). The molecule has 0 saturated carbocycles.